The topological polar surface area (TPSA) is 84.3 Å². The summed E-state index contributed by atoms with van der Waals surface area (Å²) in [6, 6.07) is 22.0. The van der Waals surface area contributed by atoms with Gasteiger partial charge in [-0.3, -0.25) is 14.8 Å². The van der Waals surface area contributed by atoms with Gasteiger partial charge >= 0.3 is 0 Å². The predicted octanol–water partition coefficient (Wildman–Crippen LogP) is 4.78. The highest BCUT2D eigenvalue weighted by molar-refractivity contribution is 5.84. The maximum Gasteiger partial charge on any atom is 0.147 e. The summed E-state index contributed by atoms with van der Waals surface area (Å²) in [6.45, 7) is 3.39. The van der Waals surface area contributed by atoms with Crippen molar-refractivity contribution in [1.82, 2.24) is 19.9 Å². The summed E-state index contributed by atoms with van der Waals surface area (Å²) >= 11 is 0. The molecular weight excluding hydrogens is 500 g/mol. The van der Waals surface area contributed by atoms with Crippen molar-refractivity contribution in [3.63, 3.8) is 0 Å². The number of carbonyl (C=O) groups is 1. The van der Waals surface area contributed by atoms with Crippen LogP contribution in [0.4, 0.5) is 11.6 Å². The van der Waals surface area contributed by atoms with Gasteiger partial charge in [-0.2, -0.15) is 0 Å². The number of piperazine rings is 1. The molecule has 3 aromatic carbocycles. The van der Waals surface area contributed by atoms with Crippen LogP contribution >= 0.6 is 0 Å². The SMILES string of the molecule is COc1ccc(CC(=O)Cc2ccc(-c3ccc4ncc(N5CCN(c6cnccn6)CC5)nc4c3)cc2)cc1. The van der Waals surface area contributed by atoms with E-state index >= 15 is 0 Å². The molecular formula is C32H30N6O2. The highest BCUT2D eigenvalue weighted by Crippen LogP contribution is 2.25. The van der Waals surface area contributed by atoms with E-state index in [0.717, 1.165) is 76.9 Å². The monoisotopic (exact) mass is 530 g/mol. The van der Waals surface area contributed by atoms with Crippen LogP contribution in [0.2, 0.25) is 0 Å². The summed E-state index contributed by atoms with van der Waals surface area (Å²) in [5, 5.41) is 0. The Morgan fingerprint density at radius 3 is 2.02 bits per heavy atom. The first-order valence-corrected chi connectivity index (χ1v) is 13.4. The molecule has 1 fully saturated rings. The standard InChI is InChI=1S/C32H30N6O2/c1-40-28-9-4-24(5-10-28)19-27(39)18-23-2-6-25(7-3-23)26-8-11-29-30(20-26)36-32(22-35-29)38-16-14-37(15-17-38)31-21-33-12-13-34-31/h2-13,20-22H,14-19H2,1H3. The molecule has 6 rings (SSSR count). The number of Topliss-reactive ketones (excluding diaryl/α,β-unsaturated/α-hetero) is 1. The second-order valence-corrected chi connectivity index (χ2v) is 9.91. The molecule has 8 nitrogen and oxygen atoms in total. The molecule has 0 unspecified atom stereocenters. The molecule has 40 heavy (non-hydrogen) atoms. The van der Waals surface area contributed by atoms with Gasteiger partial charge in [0.05, 0.1) is 30.5 Å². The van der Waals surface area contributed by atoms with Crippen molar-refractivity contribution in [3.05, 3.63) is 103 Å². The molecule has 3 heterocycles. The molecule has 0 radical (unpaired) electrons. The maximum atomic E-state index is 12.6. The lowest BCUT2D eigenvalue weighted by Crippen LogP contribution is -2.47. The molecule has 5 aromatic rings. The summed E-state index contributed by atoms with van der Waals surface area (Å²) in [6.07, 6.45) is 7.90. The molecule has 0 N–H and O–H groups in total. The van der Waals surface area contributed by atoms with Crippen molar-refractivity contribution in [2.75, 3.05) is 43.1 Å². The Bertz CT molecular complexity index is 1600. The Morgan fingerprint density at radius 1 is 0.725 bits per heavy atom. The lowest BCUT2D eigenvalue weighted by molar-refractivity contribution is -0.117. The molecule has 0 saturated carbocycles. The highest BCUT2D eigenvalue weighted by atomic mass is 16.5. The van der Waals surface area contributed by atoms with Crippen LogP contribution in [0.15, 0.2) is 91.5 Å². The van der Waals surface area contributed by atoms with Crippen LogP contribution in [0.25, 0.3) is 22.2 Å². The predicted molar refractivity (Wildman–Crippen MR) is 157 cm³/mol. The fourth-order valence-corrected chi connectivity index (χ4v) is 5.03. The van der Waals surface area contributed by atoms with Crippen molar-refractivity contribution in [3.8, 4) is 16.9 Å². The molecule has 0 spiro atoms. The van der Waals surface area contributed by atoms with Crippen molar-refractivity contribution in [2.45, 2.75) is 12.8 Å². The van der Waals surface area contributed by atoms with Crippen molar-refractivity contribution >= 4 is 28.5 Å². The van der Waals surface area contributed by atoms with Crippen molar-refractivity contribution < 1.29 is 9.53 Å². The third-order valence-electron chi connectivity index (χ3n) is 7.26. The van der Waals surface area contributed by atoms with Gasteiger partial charge in [0.25, 0.3) is 0 Å². The van der Waals surface area contributed by atoms with Crippen LogP contribution in [0.1, 0.15) is 11.1 Å². The van der Waals surface area contributed by atoms with Gasteiger partial charge in [-0.25, -0.2) is 9.97 Å². The van der Waals surface area contributed by atoms with Gasteiger partial charge < -0.3 is 14.5 Å². The largest absolute Gasteiger partial charge is 0.497 e. The lowest BCUT2D eigenvalue weighted by atomic mass is 9.99. The molecule has 0 atom stereocenters. The normalized spacial score (nSPS) is 13.4. The smallest absolute Gasteiger partial charge is 0.147 e. The van der Waals surface area contributed by atoms with E-state index < -0.39 is 0 Å². The summed E-state index contributed by atoms with van der Waals surface area (Å²) in [5.74, 6) is 2.77. The van der Waals surface area contributed by atoms with E-state index in [4.69, 9.17) is 9.72 Å². The summed E-state index contributed by atoms with van der Waals surface area (Å²) < 4.78 is 5.19. The first kappa shape index (κ1) is 25.4. The third-order valence-corrected chi connectivity index (χ3v) is 7.26. The van der Waals surface area contributed by atoms with Gasteiger partial charge in [0.2, 0.25) is 0 Å². The number of benzene rings is 3. The first-order chi connectivity index (χ1) is 19.6. The Labute approximate surface area is 233 Å². The average Bonchev–Trinajstić information content (AvgIpc) is 3.02. The van der Waals surface area contributed by atoms with E-state index in [-0.39, 0.29) is 5.78 Å². The number of ether oxygens (including phenoxy) is 1. The zero-order valence-electron chi connectivity index (χ0n) is 22.4. The second-order valence-electron chi connectivity index (χ2n) is 9.91. The van der Waals surface area contributed by atoms with Gasteiger partial charge in [0, 0.05) is 51.4 Å². The molecule has 200 valence electrons. The summed E-state index contributed by atoms with van der Waals surface area (Å²) in [4.78, 5) is 35.4. The minimum Gasteiger partial charge on any atom is -0.497 e. The third kappa shape index (κ3) is 5.76. The first-order valence-electron chi connectivity index (χ1n) is 13.4. The number of nitrogens with zero attached hydrogens (tertiary/aromatic N) is 6. The number of rotatable bonds is 8. The quantitative estimate of drug-likeness (QED) is 0.284. The van der Waals surface area contributed by atoms with E-state index in [1.807, 2.05) is 48.7 Å². The number of ketones is 1. The number of aromatic nitrogens is 4. The van der Waals surface area contributed by atoms with Gasteiger partial charge in [-0.05, 0) is 46.5 Å². The summed E-state index contributed by atoms with van der Waals surface area (Å²) in [5.41, 5.74) is 5.88. The second kappa shape index (κ2) is 11.5. The van der Waals surface area contributed by atoms with E-state index in [0.29, 0.717) is 12.8 Å². The minimum absolute atomic E-state index is 0.184. The fraction of sp³-hybridized carbons (Fsp3) is 0.219. The molecule has 0 aliphatic carbocycles. The molecule has 0 amide bonds. The molecule has 8 heteroatoms. The highest BCUT2D eigenvalue weighted by Gasteiger charge is 2.20. The number of hydrogen-bond acceptors (Lipinski definition) is 8. The Morgan fingerprint density at radius 2 is 1.38 bits per heavy atom. The van der Waals surface area contributed by atoms with Crippen LogP contribution in [0, 0.1) is 0 Å². The zero-order valence-corrected chi connectivity index (χ0v) is 22.4. The number of fused-ring (bicyclic) bond motifs is 1. The lowest BCUT2D eigenvalue weighted by Gasteiger charge is -2.35. The maximum absolute atomic E-state index is 12.6. The van der Waals surface area contributed by atoms with Gasteiger partial charge in [0.1, 0.15) is 23.2 Å². The molecule has 1 aliphatic heterocycles. The van der Waals surface area contributed by atoms with Crippen LogP contribution in [-0.2, 0) is 17.6 Å². The Hall–Kier alpha value is -4.85. The fourth-order valence-electron chi connectivity index (χ4n) is 5.03. The van der Waals surface area contributed by atoms with Crippen LogP contribution in [-0.4, -0.2) is 59.0 Å². The van der Waals surface area contributed by atoms with E-state index in [1.165, 1.54) is 0 Å². The Balaban J connectivity index is 1.11. The molecule has 2 aromatic heterocycles. The van der Waals surface area contributed by atoms with Crippen LogP contribution in [0.5, 0.6) is 5.75 Å². The van der Waals surface area contributed by atoms with Crippen LogP contribution < -0.4 is 14.5 Å². The van der Waals surface area contributed by atoms with Gasteiger partial charge in [-0.15, -0.1) is 0 Å². The molecule has 1 saturated heterocycles. The number of methoxy groups -OCH3 is 1. The van der Waals surface area contributed by atoms with Gasteiger partial charge in [0.15, 0.2) is 0 Å². The van der Waals surface area contributed by atoms with Gasteiger partial charge in [-0.1, -0.05) is 42.5 Å². The number of anilines is 2. The van der Waals surface area contributed by atoms with E-state index in [1.54, 1.807) is 25.7 Å². The van der Waals surface area contributed by atoms with Crippen LogP contribution in [0.3, 0.4) is 0 Å². The van der Waals surface area contributed by atoms with Crippen molar-refractivity contribution in [1.29, 1.82) is 0 Å². The van der Waals surface area contributed by atoms with Crippen molar-refractivity contribution in [2.24, 2.45) is 0 Å². The molecule has 0 bridgehead atoms. The van der Waals surface area contributed by atoms with E-state index in [2.05, 4.69) is 49.0 Å². The summed E-state index contributed by atoms with van der Waals surface area (Å²) in [7, 11) is 1.64. The number of carbonyl (C=O) groups excluding carboxylic acids is 1. The number of hydrogen-bond donors (Lipinski definition) is 0. The Kier molecular flexibility index (Phi) is 7.30. The minimum atomic E-state index is 0.184. The molecule has 1 aliphatic rings. The van der Waals surface area contributed by atoms with E-state index in [9.17, 15) is 4.79 Å². The zero-order chi connectivity index (χ0) is 27.3. The average molecular weight is 531 g/mol.